The standard InChI is InChI=1S/C33H40ClN3O3/c1-22-8-3-4-9-24(22)20-36-29-19-26(34)15-14-23(29)18-30(36)33(39)37-21-25-10-6-16-35-17-7-11-27(32(25)35)28(37)12-5-13-31(38)40-2/h3-4,8-9,14-15,18-19,25,27-28,32H,5-7,10-13,16-17,20-21H2,1-2H3/t25-,27+,28+,32-/m0/s1. The molecule has 7 heteroatoms. The summed E-state index contributed by atoms with van der Waals surface area (Å²) in [5.74, 6) is 0.872. The van der Waals surface area contributed by atoms with Gasteiger partial charge >= 0.3 is 5.97 Å². The highest BCUT2D eigenvalue weighted by Crippen LogP contribution is 2.44. The van der Waals surface area contributed by atoms with Crippen LogP contribution in [0, 0.1) is 18.8 Å². The lowest BCUT2D eigenvalue weighted by Gasteiger charge is -2.57. The molecule has 4 heterocycles. The summed E-state index contributed by atoms with van der Waals surface area (Å²) >= 11 is 6.46. The number of halogens is 1. The van der Waals surface area contributed by atoms with E-state index < -0.39 is 0 Å². The van der Waals surface area contributed by atoms with E-state index in [0.29, 0.717) is 35.9 Å². The van der Waals surface area contributed by atoms with Crippen LogP contribution in [0.25, 0.3) is 10.9 Å². The van der Waals surface area contributed by atoms with E-state index in [1.165, 1.54) is 50.6 Å². The van der Waals surface area contributed by atoms with Gasteiger partial charge in [0.15, 0.2) is 0 Å². The van der Waals surface area contributed by atoms with Gasteiger partial charge in [0, 0.05) is 42.0 Å². The minimum absolute atomic E-state index is 0.102. The quantitative estimate of drug-likeness (QED) is 0.317. The molecule has 0 saturated carbocycles. The number of carbonyl (C=O) groups excluding carboxylic acids is 2. The van der Waals surface area contributed by atoms with Crippen molar-refractivity contribution in [3.63, 3.8) is 0 Å². The van der Waals surface area contributed by atoms with E-state index in [1.807, 2.05) is 18.2 Å². The predicted octanol–water partition coefficient (Wildman–Crippen LogP) is 6.31. The average molecular weight is 562 g/mol. The Kier molecular flexibility index (Phi) is 7.91. The maximum absolute atomic E-state index is 14.7. The van der Waals surface area contributed by atoms with Crippen LogP contribution in [0.4, 0.5) is 0 Å². The lowest BCUT2D eigenvalue weighted by atomic mass is 9.69. The van der Waals surface area contributed by atoms with Crippen LogP contribution in [0.3, 0.4) is 0 Å². The number of hydrogen-bond donors (Lipinski definition) is 0. The number of aromatic nitrogens is 1. The minimum atomic E-state index is -0.176. The van der Waals surface area contributed by atoms with Crippen molar-refractivity contribution >= 4 is 34.4 Å². The Bertz CT molecular complexity index is 1400. The maximum atomic E-state index is 14.7. The van der Waals surface area contributed by atoms with Crippen LogP contribution in [-0.2, 0) is 16.1 Å². The molecule has 1 amide bonds. The molecule has 3 aliphatic rings. The fourth-order valence-corrected chi connectivity index (χ4v) is 8.00. The van der Waals surface area contributed by atoms with Gasteiger partial charge in [-0.05, 0) is 99.7 Å². The fourth-order valence-electron chi connectivity index (χ4n) is 7.84. The highest BCUT2D eigenvalue weighted by Gasteiger charge is 2.49. The molecule has 0 spiro atoms. The molecule has 0 bridgehead atoms. The summed E-state index contributed by atoms with van der Waals surface area (Å²) in [6, 6.07) is 17.0. The normalized spacial score (nSPS) is 24.6. The number of rotatable bonds is 7. The van der Waals surface area contributed by atoms with Gasteiger partial charge < -0.3 is 14.2 Å². The molecule has 3 aromatic rings. The Morgan fingerprint density at radius 2 is 1.85 bits per heavy atom. The van der Waals surface area contributed by atoms with Crippen LogP contribution in [0.15, 0.2) is 48.5 Å². The number of nitrogens with zero attached hydrogens (tertiary/aromatic N) is 3. The summed E-state index contributed by atoms with van der Waals surface area (Å²) in [7, 11) is 1.45. The van der Waals surface area contributed by atoms with Gasteiger partial charge in [0.2, 0.25) is 0 Å². The summed E-state index contributed by atoms with van der Waals surface area (Å²) < 4.78 is 7.10. The van der Waals surface area contributed by atoms with E-state index in [2.05, 4.69) is 51.6 Å². The van der Waals surface area contributed by atoms with E-state index >= 15 is 0 Å². The molecular weight excluding hydrogens is 522 g/mol. The van der Waals surface area contributed by atoms with Crippen molar-refractivity contribution in [3.8, 4) is 0 Å². The van der Waals surface area contributed by atoms with Gasteiger partial charge in [0.05, 0.1) is 12.6 Å². The van der Waals surface area contributed by atoms with Crippen molar-refractivity contribution in [1.82, 2.24) is 14.4 Å². The zero-order valence-electron chi connectivity index (χ0n) is 23.7. The minimum Gasteiger partial charge on any atom is -0.469 e. The van der Waals surface area contributed by atoms with Crippen LogP contribution < -0.4 is 0 Å². The van der Waals surface area contributed by atoms with Crippen LogP contribution in [0.1, 0.15) is 66.6 Å². The predicted molar refractivity (Wildman–Crippen MR) is 159 cm³/mol. The first kappa shape index (κ1) is 27.3. The fraction of sp³-hybridized carbons (Fsp3) is 0.515. The van der Waals surface area contributed by atoms with Crippen LogP contribution >= 0.6 is 11.6 Å². The molecule has 0 unspecified atom stereocenters. The molecule has 40 heavy (non-hydrogen) atoms. The van der Waals surface area contributed by atoms with Crippen molar-refractivity contribution < 1.29 is 14.3 Å². The Hall–Kier alpha value is -2.83. The lowest BCUT2D eigenvalue weighted by molar-refractivity contribution is -0.140. The highest BCUT2D eigenvalue weighted by molar-refractivity contribution is 6.31. The number of amides is 1. The molecule has 0 N–H and O–H groups in total. The smallest absolute Gasteiger partial charge is 0.305 e. The van der Waals surface area contributed by atoms with E-state index in [9.17, 15) is 9.59 Å². The van der Waals surface area contributed by atoms with Crippen LogP contribution in [0.2, 0.25) is 5.02 Å². The first-order valence-electron chi connectivity index (χ1n) is 14.9. The SMILES string of the molecule is COC(=O)CCC[C@@H]1[C@H]2CCCN3CCC[C@@H](CN1C(=O)c1cc4ccc(Cl)cc4n1Cc1ccccc1C)[C@@H]23. The number of carbonyl (C=O) groups is 2. The number of esters is 1. The summed E-state index contributed by atoms with van der Waals surface area (Å²) in [6.45, 7) is 5.86. The molecule has 1 aromatic heterocycles. The van der Waals surface area contributed by atoms with Crippen molar-refractivity contribution in [1.29, 1.82) is 0 Å². The molecule has 0 radical (unpaired) electrons. The summed E-state index contributed by atoms with van der Waals surface area (Å²) in [5, 5.41) is 1.70. The summed E-state index contributed by atoms with van der Waals surface area (Å²) in [4.78, 5) is 31.6. The third-order valence-corrected chi connectivity index (χ3v) is 9.95. The van der Waals surface area contributed by atoms with Crippen LogP contribution in [-0.4, -0.2) is 65.1 Å². The molecule has 6 nitrogen and oxygen atoms in total. The molecule has 0 aliphatic carbocycles. The average Bonchev–Trinajstić information content (AvgIpc) is 3.32. The van der Waals surface area contributed by atoms with E-state index in [1.54, 1.807) is 0 Å². The van der Waals surface area contributed by atoms with Gasteiger partial charge in [-0.15, -0.1) is 0 Å². The van der Waals surface area contributed by atoms with Gasteiger partial charge in [0.1, 0.15) is 5.69 Å². The Morgan fingerprint density at radius 3 is 2.65 bits per heavy atom. The number of hydrogen-bond acceptors (Lipinski definition) is 4. The van der Waals surface area contributed by atoms with Crippen LogP contribution in [0.5, 0.6) is 0 Å². The Morgan fingerprint density at radius 1 is 1.05 bits per heavy atom. The van der Waals surface area contributed by atoms with Crippen molar-refractivity contribution in [2.75, 3.05) is 26.7 Å². The zero-order chi connectivity index (χ0) is 27.8. The zero-order valence-corrected chi connectivity index (χ0v) is 24.4. The second-order valence-electron chi connectivity index (χ2n) is 12.0. The monoisotopic (exact) mass is 561 g/mol. The maximum Gasteiger partial charge on any atom is 0.305 e. The number of benzene rings is 2. The highest BCUT2D eigenvalue weighted by atomic mass is 35.5. The third-order valence-electron chi connectivity index (χ3n) is 9.72. The van der Waals surface area contributed by atoms with Gasteiger partial charge in [-0.2, -0.15) is 0 Å². The first-order chi connectivity index (χ1) is 19.4. The van der Waals surface area contributed by atoms with E-state index in [4.69, 9.17) is 16.3 Å². The molecular formula is C33H40ClN3O3. The molecule has 4 atom stereocenters. The van der Waals surface area contributed by atoms with Crippen molar-refractivity contribution in [3.05, 3.63) is 70.4 Å². The molecule has 2 aromatic carbocycles. The first-order valence-corrected chi connectivity index (χ1v) is 15.3. The largest absolute Gasteiger partial charge is 0.469 e. The molecule has 3 saturated heterocycles. The lowest BCUT2D eigenvalue weighted by Crippen LogP contribution is -2.65. The third kappa shape index (κ3) is 5.16. The number of fused-ring (bicyclic) bond motifs is 1. The Balaban J connectivity index is 1.39. The second kappa shape index (κ2) is 11.6. The topological polar surface area (TPSA) is 54.8 Å². The number of piperidine rings is 3. The number of methoxy groups -OCH3 is 1. The Labute approximate surface area is 242 Å². The van der Waals surface area contributed by atoms with Gasteiger partial charge in [-0.3, -0.25) is 14.5 Å². The van der Waals surface area contributed by atoms with Gasteiger partial charge in [0.25, 0.3) is 5.91 Å². The molecule has 3 aliphatic heterocycles. The molecule has 212 valence electrons. The summed E-state index contributed by atoms with van der Waals surface area (Å²) in [5.41, 5.74) is 4.10. The van der Waals surface area contributed by atoms with E-state index in [-0.39, 0.29) is 17.9 Å². The summed E-state index contributed by atoms with van der Waals surface area (Å²) in [6.07, 6.45) is 6.66. The molecule has 6 rings (SSSR count). The van der Waals surface area contributed by atoms with Crippen molar-refractivity contribution in [2.45, 2.75) is 70.5 Å². The van der Waals surface area contributed by atoms with Crippen molar-refractivity contribution in [2.24, 2.45) is 11.8 Å². The molecule has 3 fully saturated rings. The van der Waals surface area contributed by atoms with E-state index in [0.717, 1.165) is 42.4 Å². The number of aryl methyl sites for hydroxylation is 1. The number of ether oxygens (including phenoxy) is 1. The van der Waals surface area contributed by atoms with Gasteiger partial charge in [-0.25, -0.2) is 0 Å². The number of likely N-dealkylation sites (tertiary alicyclic amines) is 1. The van der Waals surface area contributed by atoms with Gasteiger partial charge in [-0.1, -0.05) is 41.9 Å². The second-order valence-corrected chi connectivity index (χ2v) is 12.4.